The second-order valence-electron chi connectivity index (χ2n) is 4.90. The molecule has 0 rings (SSSR count). The topological polar surface area (TPSA) is 52.6 Å². The molecule has 0 spiro atoms. The van der Waals surface area contributed by atoms with Crippen molar-refractivity contribution in [1.82, 2.24) is 0 Å². The van der Waals surface area contributed by atoms with Crippen LogP contribution < -0.4 is 0 Å². The van der Waals surface area contributed by atoms with Gasteiger partial charge in [-0.3, -0.25) is 0 Å². The molecule has 0 radical (unpaired) electrons. The van der Waals surface area contributed by atoms with Crippen LogP contribution >= 0.6 is 0 Å². The highest BCUT2D eigenvalue weighted by Crippen LogP contribution is 2.12. The Labute approximate surface area is 122 Å². The molecule has 0 N–H and O–H groups in total. The van der Waals surface area contributed by atoms with Gasteiger partial charge in [-0.05, 0) is 18.8 Å². The van der Waals surface area contributed by atoms with Gasteiger partial charge >= 0.3 is 11.9 Å². The van der Waals surface area contributed by atoms with Crippen LogP contribution in [0.25, 0.3) is 0 Å². The Bertz CT molecular complexity index is 297. The van der Waals surface area contributed by atoms with Gasteiger partial charge in [-0.1, -0.05) is 46.5 Å². The van der Waals surface area contributed by atoms with Gasteiger partial charge in [0.1, 0.15) is 0 Å². The minimum atomic E-state index is -0.492. The summed E-state index contributed by atoms with van der Waals surface area (Å²) in [5, 5.41) is 0. The van der Waals surface area contributed by atoms with Gasteiger partial charge in [0.15, 0.2) is 0 Å². The number of hydrogen-bond donors (Lipinski definition) is 0. The molecular weight excluding hydrogens is 256 g/mol. The SMILES string of the molecule is CCCCOC(=O)/C=C\C(=O)OCC(CC)CCCC. The first-order chi connectivity index (χ1) is 9.63. The molecule has 0 aromatic heterocycles. The quantitative estimate of drug-likeness (QED) is 0.330. The molecule has 0 amide bonds. The molecule has 0 saturated heterocycles. The van der Waals surface area contributed by atoms with Crippen LogP contribution in [0.5, 0.6) is 0 Å². The fraction of sp³-hybridized carbons (Fsp3) is 0.750. The molecule has 4 heteroatoms. The van der Waals surface area contributed by atoms with Crippen molar-refractivity contribution in [2.45, 2.75) is 59.3 Å². The summed E-state index contributed by atoms with van der Waals surface area (Å²) in [5.41, 5.74) is 0. The van der Waals surface area contributed by atoms with Crippen LogP contribution in [0.2, 0.25) is 0 Å². The van der Waals surface area contributed by atoms with Crippen molar-refractivity contribution in [2.24, 2.45) is 5.92 Å². The highest BCUT2D eigenvalue weighted by molar-refractivity contribution is 5.91. The zero-order valence-corrected chi connectivity index (χ0v) is 13.0. The van der Waals surface area contributed by atoms with E-state index in [4.69, 9.17) is 9.47 Å². The number of hydrogen-bond acceptors (Lipinski definition) is 4. The highest BCUT2D eigenvalue weighted by atomic mass is 16.5. The Morgan fingerprint density at radius 2 is 1.55 bits per heavy atom. The van der Waals surface area contributed by atoms with E-state index in [1.807, 2.05) is 6.92 Å². The minimum absolute atomic E-state index is 0.393. The van der Waals surface area contributed by atoms with Gasteiger partial charge in [-0.15, -0.1) is 0 Å². The smallest absolute Gasteiger partial charge is 0.331 e. The summed E-state index contributed by atoms with van der Waals surface area (Å²) >= 11 is 0. The van der Waals surface area contributed by atoms with Gasteiger partial charge in [0.2, 0.25) is 0 Å². The summed E-state index contributed by atoms with van der Waals surface area (Å²) in [6, 6.07) is 0. The summed E-state index contributed by atoms with van der Waals surface area (Å²) in [6.45, 7) is 7.07. The molecule has 0 aromatic rings. The highest BCUT2D eigenvalue weighted by Gasteiger charge is 2.08. The lowest BCUT2D eigenvalue weighted by Gasteiger charge is -2.13. The molecule has 4 nitrogen and oxygen atoms in total. The van der Waals surface area contributed by atoms with E-state index < -0.39 is 11.9 Å². The lowest BCUT2D eigenvalue weighted by molar-refractivity contribution is -0.141. The molecule has 1 unspecified atom stereocenters. The van der Waals surface area contributed by atoms with Crippen molar-refractivity contribution in [2.75, 3.05) is 13.2 Å². The molecule has 0 fully saturated rings. The van der Waals surface area contributed by atoms with Crippen LogP contribution in [0.15, 0.2) is 12.2 Å². The van der Waals surface area contributed by atoms with E-state index in [-0.39, 0.29) is 0 Å². The number of unbranched alkanes of at least 4 members (excludes halogenated alkanes) is 2. The monoisotopic (exact) mass is 284 g/mol. The molecule has 0 bridgehead atoms. The molecular formula is C16H28O4. The zero-order chi connectivity index (χ0) is 15.2. The Hall–Kier alpha value is -1.32. The second kappa shape index (κ2) is 12.7. The second-order valence-corrected chi connectivity index (χ2v) is 4.90. The summed E-state index contributed by atoms with van der Waals surface area (Å²) < 4.78 is 10.0. The molecule has 0 aliphatic heterocycles. The van der Waals surface area contributed by atoms with Crippen molar-refractivity contribution < 1.29 is 19.1 Å². The van der Waals surface area contributed by atoms with Gasteiger partial charge in [0.25, 0.3) is 0 Å². The maximum Gasteiger partial charge on any atom is 0.331 e. The Balaban J connectivity index is 3.87. The molecule has 0 aliphatic rings. The Morgan fingerprint density at radius 3 is 2.10 bits per heavy atom. The molecule has 0 aliphatic carbocycles. The number of esters is 2. The van der Waals surface area contributed by atoms with Crippen LogP contribution in [0.4, 0.5) is 0 Å². The fourth-order valence-electron chi connectivity index (χ4n) is 1.65. The van der Waals surface area contributed by atoms with Crippen LogP contribution in [-0.2, 0) is 19.1 Å². The molecule has 0 saturated carbocycles. The first-order valence-electron chi connectivity index (χ1n) is 7.65. The van der Waals surface area contributed by atoms with Crippen LogP contribution in [0.3, 0.4) is 0 Å². The van der Waals surface area contributed by atoms with Gasteiger partial charge in [-0.2, -0.15) is 0 Å². The summed E-state index contributed by atoms with van der Waals surface area (Å²) in [6.07, 6.45) is 8.43. The lowest BCUT2D eigenvalue weighted by Crippen LogP contribution is -2.12. The molecule has 0 aromatic carbocycles. The van der Waals surface area contributed by atoms with Crippen molar-refractivity contribution in [3.63, 3.8) is 0 Å². The van der Waals surface area contributed by atoms with E-state index in [2.05, 4.69) is 13.8 Å². The average Bonchev–Trinajstić information content (AvgIpc) is 2.45. The predicted molar refractivity (Wildman–Crippen MR) is 79.3 cm³/mol. The molecule has 20 heavy (non-hydrogen) atoms. The van der Waals surface area contributed by atoms with Gasteiger partial charge in [0, 0.05) is 12.2 Å². The van der Waals surface area contributed by atoms with Gasteiger partial charge in [-0.25, -0.2) is 9.59 Å². The number of carbonyl (C=O) groups excluding carboxylic acids is 2. The fourth-order valence-corrected chi connectivity index (χ4v) is 1.65. The first-order valence-corrected chi connectivity index (χ1v) is 7.65. The third-order valence-electron chi connectivity index (χ3n) is 3.10. The van der Waals surface area contributed by atoms with E-state index in [1.54, 1.807) is 0 Å². The maximum atomic E-state index is 11.5. The van der Waals surface area contributed by atoms with Crippen LogP contribution in [0, 0.1) is 5.92 Å². The van der Waals surface area contributed by atoms with Gasteiger partial charge < -0.3 is 9.47 Å². The summed E-state index contributed by atoms with van der Waals surface area (Å²) in [5.74, 6) is -0.565. The predicted octanol–water partition coefficient (Wildman–Crippen LogP) is 3.65. The Kier molecular flexibility index (Phi) is 11.9. The normalized spacial score (nSPS) is 12.3. The maximum absolute atomic E-state index is 11.5. The molecule has 0 heterocycles. The standard InChI is InChI=1S/C16H28O4/c1-4-7-9-14(6-3)13-20-16(18)11-10-15(17)19-12-8-5-2/h10-11,14H,4-9,12-13H2,1-3H3/b11-10-. The summed E-state index contributed by atoms with van der Waals surface area (Å²) in [4.78, 5) is 22.7. The summed E-state index contributed by atoms with van der Waals surface area (Å²) in [7, 11) is 0. The van der Waals surface area contributed by atoms with E-state index in [1.165, 1.54) is 0 Å². The molecule has 1 atom stereocenters. The third kappa shape index (κ3) is 10.6. The van der Waals surface area contributed by atoms with E-state index in [0.29, 0.717) is 19.1 Å². The van der Waals surface area contributed by atoms with Crippen molar-refractivity contribution >= 4 is 11.9 Å². The third-order valence-corrected chi connectivity index (χ3v) is 3.10. The van der Waals surface area contributed by atoms with Crippen molar-refractivity contribution in [1.29, 1.82) is 0 Å². The van der Waals surface area contributed by atoms with E-state index >= 15 is 0 Å². The first kappa shape index (κ1) is 18.7. The number of ether oxygens (including phenoxy) is 2. The largest absolute Gasteiger partial charge is 0.463 e. The van der Waals surface area contributed by atoms with Gasteiger partial charge in [0.05, 0.1) is 13.2 Å². The van der Waals surface area contributed by atoms with Crippen molar-refractivity contribution in [3.8, 4) is 0 Å². The van der Waals surface area contributed by atoms with E-state index in [9.17, 15) is 9.59 Å². The minimum Gasteiger partial charge on any atom is -0.463 e. The lowest BCUT2D eigenvalue weighted by atomic mass is 10.0. The number of rotatable bonds is 11. The average molecular weight is 284 g/mol. The van der Waals surface area contributed by atoms with Crippen LogP contribution in [0.1, 0.15) is 59.3 Å². The Morgan fingerprint density at radius 1 is 0.950 bits per heavy atom. The van der Waals surface area contributed by atoms with Crippen molar-refractivity contribution in [3.05, 3.63) is 12.2 Å². The van der Waals surface area contributed by atoms with E-state index in [0.717, 1.165) is 50.7 Å². The molecule has 116 valence electrons. The number of carbonyl (C=O) groups is 2. The zero-order valence-electron chi connectivity index (χ0n) is 13.0. The van der Waals surface area contributed by atoms with Crippen LogP contribution in [-0.4, -0.2) is 25.2 Å².